The molecule has 1 aliphatic heterocycles. The Morgan fingerprint density at radius 1 is 1.56 bits per heavy atom. The van der Waals surface area contributed by atoms with Crippen LogP contribution in [0.4, 0.5) is 0 Å². The summed E-state index contributed by atoms with van der Waals surface area (Å²) in [4.78, 5) is 13.2. The number of carboxylic acids is 1. The summed E-state index contributed by atoms with van der Waals surface area (Å²) in [5, 5.41) is 17.8. The smallest absolute Gasteiger partial charge is 0.308 e. The summed E-state index contributed by atoms with van der Waals surface area (Å²) in [5.41, 5.74) is 0.196. The molecule has 2 atom stereocenters. The van der Waals surface area contributed by atoms with Gasteiger partial charge in [0.25, 0.3) is 0 Å². The van der Waals surface area contributed by atoms with Crippen LogP contribution in [0.1, 0.15) is 26.2 Å². The molecule has 4 nitrogen and oxygen atoms in total. The average Bonchev–Trinajstić information content (AvgIpc) is 2.83. The maximum atomic E-state index is 11.0. The molecule has 0 spiro atoms. The molecule has 1 aliphatic carbocycles. The van der Waals surface area contributed by atoms with E-state index in [2.05, 4.69) is 11.0 Å². The lowest BCUT2D eigenvalue weighted by molar-refractivity contribution is -0.142. The van der Waals surface area contributed by atoms with Crippen molar-refractivity contribution in [3.63, 3.8) is 0 Å². The van der Waals surface area contributed by atoms with E-state index in [4.69, 9.17) is 10.4 Å². The monoisotopic (exact) mass is 222 g/mol. The van der Waals surface area contributed by atoms with Gasteiger partial charge >= 0.3 is 5.97 Å². The van der Waals surface area contributed by atoms with Gasteiger partial charge in [0.15, 0.2) is 0 Å². The van der Waals surface area contributed by atoms with E-state index in [1.54, 1.807) is 0 Å². The molecule has 0 aromatic carbocycles. The van der Waals surface area contributed by atoms with E-state index in [1.165, 1.54) is 0 Å². The maximum Gasteiger partial charge on any atom is 0.308 e. The molecule has 2 rings (SSSR count). The Hall–Kier alpha value is -1.08. The third-order valence-electron chi connectivity index (χ3n) is 3.98. The first-order chi connectivity index (χ1) is 7.56. The second-order valence-electron chi connectivity index (χ2n) is 5.45. The van der Waals surface area contributed by atoms with E-state index in [0.717, 1.165) is 25.9 Å². The van der Waals surface area contributed by atoms with Gasteiger partial charge in [-0.05, 0) is 24.2 Å². The van der Waals surface area contributed by atoms with E-state index >= 15 is 0 Å². The van der Waals surface area contributed by atoms with E-state index in [9.17, 15) is 4.79 Å². The van der Waals surface area contributed by atoms with Crippen molar-refractivity contribution in [2.24, 2.45) is 17.3 Å². The lowest BCUT2D eigenvalue weighted by Crippen LogP contribution is -2.29. The molecule has 0 radical (unpaired) electrons. The first-order valence-corrected chi connectivity index (χ1v) is 5.88. The molecule has 1 saturated carbocycles. The van der Waals surface area contributed by atoms with Gasteiger partial charge in [0.1, 0.15) is 0 Å². The van der Waals surface area contributed by atoms with Gasteiger partial charge in [0, 0.05) is 26.1 Å². The number of nitriles is 1. The normalized spacial score (nSPS) is 32.2. The number of nitrogens with zero attached hydrogens (tertiary/aromatic N) is 2. The fourth-order valence-corrected chi connectivity index (χ4v) is 2.73. The van der Waals surface area contributed by atoms with Gasteiger partial charge in [-0.2, -0.15) is 5.26 Å². The number of likely N-dealkylation sites (tertiary alicyclic amines) is 1. The molecule has 0 aromatic rings. The Morgan fingerprint density at radius 3 is 2.69 bits per heavy atom. The number of hydrogen-bond donors (Lipinski definition) is 1. The van der Waals surface area contributed by atoms with Crippen LogP contribution in [0.3, 0.4) is 0 Å². The zero-order valence-corrected chi connectivity index (χ0v) is 9.65. The molecule has 16 heavy (non-hydrogen) atoms. The van der Waals surface area contributed by atoms with Crippen LogP contribution in [0.2, 0.25) is 0 Å². The van der Waals surface area contributed by atoms with Gasteiger partial charge in [-0.3, -0.25) is 4.79 Å². The van der Waals surface area contributed by atoms with Gasteiger partial charge < -0.3 is 10.0 Å². The summed E-state index contributed by atoms with van der Waals surface area (Å²) >= 11 is 0. The minimum absolute atomic E-state index is 0.196. The summed E-state index contributed by atoms with van der Waals surface area (Å²) in [6.45, 7) is 4.44. The van der Waals surface area contributed by atoms with E-state index in [0.29, 0.717) is 13.0 Å². The summed E-state index contributed by atoms with van der Waals surface area (Å²) in [7, 11) is 0. The van der Waals surface area contributed by atoms with E-state index < -0.39 is 5.97 Å². The Bertz CT molecular complexity index is 330. The van der Waals surface area contributed by atoms with Gasteiger partial charge in [-0.25, -0.2) is 0 Å². The predicted octanol–water partition coefficient (Wildman–Crippen LogP) is 1.33. The summed E-state index contributed by atoms with van der Waals surface area (Å²) in [6.07, 6.45) is 2.88. The van der Waals surface area contributed by atoms with Crippen LogP contribution in [0.25, 0.3) is 0 Å². The van der Waals surface area contributed by atoms with Crippen molar-refractivity contribution in [1.82, 2.24) is 4.90 Å². The number of aliphatic carboxylic acids is 1. The van der Waals surface area contributed by atoms with Crippen molar-refractivity contribution in [2.45, 2.75) is 26.2 Å². The first-order valence-electron chi connectivity index (χ1n) is 5.88. The summed E-state index contributed by atoms with van der Waals surface area (Å²) < 4.78 is 0. The second-order valence-corrected chi connectivity index (χ2v) is 5.45. The molecule has 1 heterocycles. The van der Waals surface area contributed by atoms with Crippen molar-refractivity contribution < 1.29 is 9.90 Å². The number of carboxylic acid groups (broad SMARTS) is 1. The fraction of sp³-hybridized carbons (Fsp3) is 0.833. The van der Waals surface area contributed by atoms with Gasteiger partial charge in [-0.15, -0.1) is 0 Å². The highest BCUT2D eigenvalue weighted by Gasteiger charge is 2.46. The van der Waals surface area contributed by atoms with Gasteiger partial charge in [0.2, 0.25) is 0 Å². The third kappa shape index (κ3) is 2.19. The number of carbonyl (C=O) groups is 1. The largest absolute Gasteiger partial charge is 0.481 e. The fourth-order valence-electron chi connectivity index (χ4n) is 2.73. The van der Waals surface area contributed by atoms with Crippen LogP contribution in [-0.4, -0.2) is 35.6 Å². The highest BCUT2D eigenvalue weighted by Crippen LogP contribution is 2.49. The maximum absolute atomic E-state index is 11.0. The van der Waals surface area contributed by atoms with Crippen molar-refractivity contribution in [3.8, 4) is 6.07 Å². The Kier molecular flexibility index (Phi) is 2.90. The average molecular weight is 222 g/mol. The van der Waals surface area contributed by atoms with Crippen LogP contribution in [0.15, 0.2) is 0 Å². The van der Waals surface area contributed by atoms with E-state index in [1.807, 2.05) is 6.92 Å². The van der Waals surface area contributed by atoms with Crippen LogP contribution in [0.5, 0.6) is 0 Å². The van der Waals surface area contributed by atoms with Crippen LogP contribution >= 0.6 is 0 Å². The zero-order chi connectivity index (χ0) is 11.8. The van der Waals surface area contributed by atoms with Crippen LogP contribution in [-0.2, 0) is 4.79 Å². The summed E-state index contributed by atoms with van der Waals surface area (Å²) in [5.74, 6) is -0.673. The molecule has 1 N–H and O–H groups in total. The molecule has 88 valence electrons. The van der Waals surface area contributed by atoms with Gasteiger partial charge in [0.05, 0.1) is 12.0 Å². The molecule has 0 bridgehead atoms. The highest BCUT2D eigenvalue weighted by atomic mass is 16.4. The molecular weight excluding hydrogens is 204 g/mol. The first kappa shape index (κ1) is 11.4. The molecule has 1 saturated heterocycles. The number of rotatable bonds is 4. The molecule has 2 fully saturated rings. The molecular formula is C12H18N2O2. The highest BCUT2D eigenvalue weighted by molar-refractivity contribution is 5.71. The number of hydrogen-bond acceptors (Lipinski definition) is 3. The molecule has 4 heteroatoms. The van der Waals surface area contributed by atoms with Crippen LogP contribution in [0, 0.1) is 28.6 Å². The summed E-state index contributed by atoms with van der Waals surface area (Å²) in [6, 6.07) is 2.25. The Balaban J connectivity index is 1.89. The SMILES string of the molecule is C[C@@H]1CN(CC2(CC#N)CC2)C[C@H]1C(=O)O. The second kappa shape index (κ2) is 4.06. The predicted molar refractivity (Wildman–Crippen MR) is 58.6 cm³/mol. The molecule has 0 unspecified atom stereocenters. The van der Waals surface area contributed by atoms with Crippen molar-refractivity contribution in [1.29, 1.82) is 5.26 Å². The Labute approximate surface area is 95.9 Å². The third-order valence-corrected chi connectivity index (χ3v) is 3.98. The minimum Gasteiger partial charge on any atom is -0.481 e. The lowest BCUT2D eigenvalue weighted by Gasteiger charge is -2.21. The molecule has 2 aliphatic rings. The zero-order valence-electron chi connectivity index (χ0n) is 9.65. The van der Waals surface area contributed by atoms with E-state index in [-0.39, 0.29) is 17.3 Å². The standard InChI is InChI=1S/C12H18N2O2/c1-9-6-14(7-10(9)11(15)16)8-12(2-3-12)4-5-13/h9-10H,2-4,6-8H2,1H3,(H,15,16)/t9-,10-/m1/s1. The lowest BCUT2D eigenvalue weighted by atomic mass is 9.99. The molecule has 0 amide bonds. The molecule has 0 aromatic heterocycles. The quantitative estimate of drug-likeness (QED) is 0.779. The van der Waals surface area contributed by atoms with Gasteiger partial charge in [-0.1, -0.05) is 6.92 Å². The topological polar surface area (TPSA) is 64.3 Å². The Morgan fingerprint density at radius 2 is 2.25 bits per heavy atom. The van der Waals surface area contributed by atoms with Crippen LogP contribution < -0.4 is 0 Å². The van der Waals surface area contributed by atoms with Crippen molar-refractivity contribution in [2.75, 3.05) is 19.6 Å². The van der Waals surface area contributed by atoms with Crippen molar-refractivity contribution >= 4 is 5.97 Å². The minimum atomic E-state index is -0.680. The van der Waals surface area contributed by atoms with Crippen molar-refractivity contribution in [3.05, 3.63) is 0 Å².